The molecule has 0 atom stereocenters. The van der Waals surface area contributed by atoms with Crippen molar-refractivity contribution in [2.24, 2.45) is 0 Å². The standard InChI is InChI=1S/C17H19N3O2S/c1-10-16-17(22-20-10)14(18-11-4-6-12(21)7-5-11)9-13(19-16)15-3-2-8-23-15/h2-3,8-9,11-12,21H,4-7H2,1H3,(H,18,19). The van der Waals surface area contributed by atoms with Gasteiger partial charge in [0.25, 0.3) is 0 Å². The second-order valence-corrected chi connectivity index (χ2v) is 7.08. The lowest BCUT2D eigenvalue weighted by Crippen LogP contribution is -2.28. The molecule has 0 amide bonds. The highest BCUT2D eigenvalue weighted by atomic mass is 32.1. The average molecular weight is 329 g/mol. The molecule has 1 aliphatic rings. The van der Waals surface area contributed by atoms with Crippen LogP contribution in [0.5, 0.6) is 0 Å². The molecule has 5 nitrogen and oxygen atoms in total. The molecule has 3 aromatic heterocycles. The summed E-state index contributed by atoms with van der Waals surface area (Å²) in [6.07, 6.45) is 3.47. The molecule has 23 heavy (non-hydrogen) atoms. The largest absolute Gasteiger partial charge is 0.393 e. The van der Waals surface area contributed by atoms with Crippen LogP contribution in [-0.2, 0) is 0 Å². The van der Waals surface area contributed by atoms with E-state index in [1.807, 2.05) is 19.1 Å². The lowest BCUT2D eigenvalue weighted by atomic mass is 9.93. The Balaban J connectivity index is 1.72. The van der Waals surface area contributed by atoms with E-state index in [9.17, 15) is 5.11 Å². The van der Waals surface area contributed by atoms with Crippen LogP contribution in [0.1, 0.15) is 31.4 Å². The van der Waals surface area contributed by atoms with Gasteiger partial charge in [0.1, 0.15) is 11.2 Å². The summed E-state index contributed by atoms with van der Waals surface area (Å²) in [6, 6.07) is 6.50. The first-order chi connectivity index (χ1) is 11.2. The van der Waals surface area contributed by atoms with Crippen molar-refractivity contribution in [2.45, 2.75) is 44.8 Å². The topological polar surface area (TPSA) is 71.2 Å². The average Bonchev–Trinajstić information content (AvgIpc) is 3.20. The van der Waals surface area contributed by atoms with Crippen molar-refractivity contribution in [2.75, 3.05) is 5.32 Å². The SMILES string of the molecule is Cc1noc2c(NC3CCC(O)CC3)cc(-c3cccs3)nc12. The Labute approximate surface area is 138 Å². The van der Waals surface area contributed by atoms with Crippen LogP contribution in [0.2, 0.25) is 0 Å². The molecule has 2 N–H and O–H groups in total. The maximum absolute atomic E-state index is 9.67. The molecule has 0 radical (unpaired) electrons. The van der Waals surface area contributed by atoms with Gasteiger partial charge in [0, 0.05) is 6.04 Å². The summed E-state index contributed by atoms with van der Waals surface area (Å²) in [5.41, 5.74) is 4.22. The van der Waals surface area contributed by atoms with Crippen molar-refractivity contribution in [1.82, 2.24) is 10.1 Å². The van der Waals surface area contributed by atoms with Crippen molar-refractivity contribution in [3.63, 3.8) is 0 Å². The number of nitrogens with zero attached hydrogens (tertiary/aromatic N) is 2. The first kappa shape index (κ1) is 14.7. The quantitative estimate of drug-likeness (QED) is 0.760. The number of thiophene rings is 1. The van der Waals surface area contributed by atoms with Gasteiger partial charge in [-0.15, -0.1) is 11.3 Å². The smallest absolute Gasteiger partial charge is 0.208 e. The van der Waals surface area contributed by atoms with Crippen LogP contribution in [0.4, 0.5) is 5.69 Å². The van der Waals surface area contributed by atoms with Gasteiger partial charge in [0.2, 0.25) is 5.58 Å². The predicted molar refractivity (Wildman–Crippen MR) is 91.7 cm³/mol. The maximum atomic E-state index is 9.67. The molecule has 0 spiro atoms. The molecule has 0 saturated heterocycles. The maximum Gasteiger partial charge on any atom is 0.208 e. The third-order valence-corrected chi connectivity index (χ3v) is 5.31. The molecule has 1 fully saturated rings. The zero-order valence-corrected chi connectivity index (χ0v) is 13.8. The highest BCUT2D eigenvalue weighted by Gasteiger charge is 2.22. The lowest BCUT2D eigenvalue weighted by Gasteiger charge is -2.27. The van der Waals surface area contributed by atoms with Crippen molar-refractivity contribution >= 4 is 28.1 Å². The van der Waals surface area contributed by atoms with Crippen LogP contribution in [-0.4, -0.2) is 27.4 Å². The minimum atomic E-state index is -0.153. The Morgan fingerprint density at radius 2 is 2.13 bits per heavy atom. The van der Waals surface area contributed by atoms with Crippen molar-refractivity contribution < 1.29 is 9.63 Å². The molecular weight excluding hydrogens is 310 g/mol. The van der Waals surface area contributed by atoms with Crippen LogP contribution in [0, 0.1) is 6.92 Å². The predicted octanol–water partition coefficient (Wildman–Crippen LogP) is 3.98. The summed E-state index contributed by atoms with van der Waals surface area (Å²) in [5.74, 6) is 0. The van der Waals surface area contributed by atoms with Crippen LogP contribution >= 0.6 is 11.3 Å². The zero-order valence-electron chi connectivity index (χ0n) is 13.0. The van der Waals surface area contributed by atoms with Crippen LogP contribution in [0.25, 0.3) is 21.7 Å². The fraction of sp³-hybridized carbons (Fsp3) is 0.412. The normalized spacial score (nSPS) is 21.7. The molecule has 3 aromatic rings. The number of hydrogen-bond donors (Lipinski definition) is 2. The molecule has 0 unspecified atom stereocenters. The third kappa shape index (κ3) is 2.84. The minimum Gasteiger partial charge on any atom is -0.393 e. The van der Waals surface area contributed by atoms with Gasteiger partial charge in [-0.1, -0.05) is 11.2 Å². The number of aliphatic hydroxyl groups excluding tert-OH is 1. The van der Waals surface area contributed by atoms with E-state index in [0.717, 1.165) is 53.2 Å². The molecule has 1 aliphatic carbocycles. The van der Waals surface area contributed by atoms with Gasteiger partial charge in [-0.3, -0.25) is 0 Å². The second kappa shape index (κ2) is 5.94. The van der Waals surface area contributed by atoms with E-state index in [1.54, 1.807) is 11.3 Å². The Bertz CT molecular complexity index is 805. The number of anilines is 1. The minimum absolute atomic E-state index is 0.153. The van der Waals surface area contributed by atoms with Crippen molar-refractivity contribution in [3.8, 4) is 10.6 Å². The Hall–Kier alpha value is -1.92. The Kier molecular flexibility index (Phi) is 3.79. The van der Waals surface area contributed by atoms with E-state index in [0.29, 0.717) is 11.6 Å². The van der Waals surface area contributed by atoms with Gasteiger partial charge in [0.15, 0.2) is 0 Å². The van der Waals surface area contributed by atoms with Crippen molar-refractivity contribution in [3.05, 3.63) is 29.3 Å². The van der Waals surface area contributed by atoms with E-state index >= 15 is 0 Å². The number of hydrogen-bond acceptors (Lipinski definition) is 6. The van der Waals surface area contributed by atoms with Gasteiger partial charge < -0.3 is 14.9 Å². The molecule has 3 heterocycles. The number of rotatable bonds is 3. The summed E-state index contributed by atoms with van der Waals surface area (Å²) in [7, 11) is 0. The van der Waals surface area contributed by atoms with E-state index in [2.05, 4.69) is 21.9 Å². The number of fused-ring (bicyclic) bond motifs is 1. The zero-order chi connectivity index (χ0) is 15.8. The van der Waals surface area contributed by atoms with Gasteiger partial charge in [-0.2, -0.15) is 0 Å². The number of pyridine rings is 1. The van der Waals surface area contributed by atoms with E-state index in [4.69, 9.17) is 9.51 Å². The van der Waals surface area contributed by atoms with E-state index in [1.165, 1.54) is 0 Å². The number of nitrogens with one attached hydrogen (secondary N) is 1. The molecule has 0 aliphatic heterocycles. The third-order valence-electron chi connectivity index (χ3n) is 4.42. The Morgan fingerprint density at radius 3 is 2.87 bits per heavy atom. The fourth-order valence-electron chi connectivity index (χ4n) is 3.13. The first-order valence-corrected chi connectivity index (χ1v) is 8.84. The fourth-order valence-corrected chi connectivity index (χ4v) is 3.81. The number of aryl methyl sites for hydroxylation is 1. The van der Waals surface area contributed by atoms with Gasteiger partial charge in [-0.25, -0.2) is 4.98 Å². The second-order valence-electron chi connectivity index (χ2n) is 6.13. The summed E-state index contributed by atoms with van der Waals surface area (Å²) in [4.78, 5) is 5.85. The molecule has 6 heteroatoms. The highest BCUT2D eigenvalue weighted by Crippen LogP contribution is 2.33. The summed E-state index contributed by atoms with van der Waals surface area (Å²) in [5, 5.41) is 19.4. The van der Waals surface area contributed by atoms with Gasteiger partial charge in [0.05, 0.1) is 22.4 Å². The molecular formula is C17H19N3O2S. The van der Waals surface area contributed by atoms with Crippen LogP contribution in [0.3, 0.4) is 0 Å². The van der Waals surface area contributed by atoms with E-state index in [-0.39, 0.29) is 6.10 Å². The number of aromatic nitrogens is 2. The molecule has 1 saturated carbocycles. The summed E-state index contributed by atoms with van der Waals surface area (Å²) >= 11 is 1.67. The Morgan fingerprint density at radius 1 is 1.30 bits per heavy atom. The van der Waals surface area contributed by atoms with Gasteiger partial charge >= 0.3 is 0 Å². The molecule has 4 rings (SSSR count). The summed E-state index contributed by atoms with van der Waals surface area (Å²) in [6.45, 7) is 1.91. The lowest BCUT2D eigenvalue weighted by molar-refractivity contribution is 0.126. The van der Waals surface area contributed by atoms with E-state index < -0.39 is 0 Å². The van der Waals surface area contributed by atoms with Crippen molar-refractivity contribution in [1.29, 1.82) is 0 Å². The van der Waals surface area contributed by atoms with Crippen LogP contribution < -0.4 is 5.32 Å². The molecule has 0 aromatic carbocycles. The van der Waals surface area contributed by atoms with Gasteiger partial charge in [-0.05, 0) is 50.1 Å². The summed E-state index contributed by atoms with van der Waals surface area (Å²) < 4.78 is 5.49. The molecule has 120 valence electrons. The van der Waals surface area contributed by atoms with Crippen LogP contribution in [0.15, 0.2) is 28.1 Å². The highest BCUT2D eigenvalue weighted by molar-refractivity contribution is 7.13. The first-order valence-electron chi connectivity index (χ1n) is 7.96. The number of aliphatic hydroxyl groups is 1. The molecule has 0 bridgehead atoms. The monoisotopic (exact) mass is 329 g/mol.